The molecular weight excluding hydrogens is 342 g/mol. The molecule has 2 aromatic rings. The second kappa shape index (κ2) is 4.92. The van der Waals surface area contributed by atoms with E-state index in [1.54, 1.807) is 12.1 Å². The zero-order valence-corrected chi connectivity index (χ0v) is 13.3. The third kappa shape index (κ3) is 1.87. The molecule has 0 bridgehead atoms. The normalized spacial score (nSPS) is 16.6. The predicted octanol–water partition coefficient (Wildman–Crippen LogP) is 4.08. The summed E-state index contributed by atoms with van der Waals surface area (Å²) in [5.41, 5.74) is 2.27. The lowest BCUT2D eigenvalue weighted by molar-refractivity contribution is 0.0624. The number of imide groups is 1. The molecule has 0 N–H and O–H groups in total. The van der Waals surface area contributed by atoms with Gasteiger partial charge in [-0.15, -0.1) is 0 Å². The molecule has 0 atom stereocenters. The van der Waals surface area contributed by atoms with E-state index in [4.69, 9.17) is 0 Å². The Morgan fingerprint density at radius 2 is 1.82 bits per heavy atom. The summed E-state index contributed by atoms with van der Waals surface area (Å²) in [5, 5.41) is 1.65. The Kier molecular flexibility index (Phi) is 3.01. The molecular formula is C18H12BrNO2. The van der Waals surface area contributed by atoms with Crippen molar-refractivity contribution in [1.29, 1.82) is 0 Å². The number of nitrogens with zero attached hydrogens (tertiary/aromatic N) is 1. The molecule has 1 aliphatic carbocycles. The van der Waals surface area contributed by atoms with E-state index in [1.807, 2.05) is 36.4 Å². The van der Waals surface area contributed by atoms with Crippen LogP contribution in [0.15, 0.2) is 58.6 Å². The third-order valence-corrected chi connectivity index (χ3v) is 4.84. The molecule has 22 heavy (non-hydrogen) atoms. The first-order valence-electron chi connectivity index (χ1n) is 7.09. The van der Waals surface area contributed by atoms with Crippen molar-refractivity contribution in [2.75, 3.05) is 6.54 Å². The van der Waals surface area contributed by atoms with E-state index in [2.05, 4.69) is 15.9 Å². The van der Waals surface area contributed by atoms with Crippen LogP contribution in [0, 0.1) is 0 Å². The number of benzene rings is 2. The molecule has 0 radical (unpaired) electrons. The fourth-order valence-electron chi connectivity index (χ4n) is 3.07. The number of amides is 2. The van der Waals surface area contributed by atoms with Gasteiger partial charge in [-0.2, -0.15) is 0 Å². The molecule has 3 nitrogen and oxygen atoms in total. The van der Waals surface area contributed by atoms with Gasteiger partial charge in [0.25, 0.3) is 11.8 Å². The molecule has 2 aromatic carbocycles. The molecule has 1 aliphatic heterocycles. The van der Waals surface area contributed by atoms with Gasteiger partial charge in [0.2, 0.25) is 0 Å². The highest BCUT2D eigenvalue weighted by atomic mass is 79.9. The summed E-state index contributed by atoms with van der Waals surface area (Å²) < 4.78 is 0.893. The zero-order chi connectivity index (χ0) is 15.3. The van der Waals surface area contributed by atoms with Crippen LogP contribution in [0.4, 0.5) is 0 Å². The highest BCUT2D eigenvalue weighted by molar-refractivity contribution is 9.10. The third-order valence-electron chi connectivity index (χ3n) is 4.15. The van der Waals surface area contributed by atoms with Crippen LogP contribution in [0.25, 0.3) is 10.8 Å². The Morgan fingerprint density at radius 1 is 1.05 bits per heavy atom. The van der Waals surface area contributed by atoms with Crippen molar-refractivity contribution >= 4 is 38.5 Å². The van der Waals surface area contributed by atoms with E-state index in [1.165, 1.54) is 4.90 Å². The van der Waals surface area contributed by atoms with Crippen LogP contribution in [-0.2, 0) is 0 Å². The second-order valence-corrected chi connectivity index (χ2v) is 6.33. The Labute approximate surface area is 136 Å². The summed E-state index contributed by atoms with van der Waals surface area (Å²) in [6, 6.07) is 9.23. The van der Waals surface area contributed by atoms with Crippen LogP contribution in [0.3, 0.4) is 0 Å². The Balaban J connectivity index is 1.87. The van der Waals surface area contributed by atoms with Crippen molar-refractivity contribution in [3.8, 4) is 0 Å². The number of hydrogen-bond acceptors (Lipinski definition) is 2. The van der Waals surface area contributed by atoms with Crippen molar-refractivity contribution in [3.05, 3.63) is 69.7 Å². The maximum Gasteiger partial charge on any atom is 0.261 e. The van der Waals surface area contributed by atoms with Gasteiger partial charge >= 0.3 is 0 Å². The first-order chi connectivity index (χ1) is 10.7. The van der Waals surface area contributed by atoms with Crippen LogP contribution < -0.4 is 0 Å². The summed E-state index contributed by atoms with van der Waals surface area (Å²) >= 11 is 3.49. The summed E-state index contributed by atoms with van der Waals surface area (Å²) in [5.74, 6) is -0.428. The monoisotopic (exact) mass is 353 g/mol. The standard InChI is InChI=1S/C18H12BrNO2/c19-15-9-8-14-16-12(15)6-3-7-13(16)17(21)20(18(14)22)10-11-4-1-2-5-11/h1-4,6-9H,5,10H2. The summed E-state index contributed by atoms with van der Waals surface area (Å²) in [4.78, 5) is 26.9. The smallest absolute Gasteiger partial charge is 0.261 e. The lowest BCUT2D eigenvalue weighted by Gasteiger charge is -2.27. The van der Waals surface area contributed by atoms with Gasteiger partial charge in [-0.1, -0.05) is 46.3 Å². The average molecular weight is 354 g/mol. The molecule has 0 saturated heterocycles. The van der Waals surface area contributed by atoms with Crippen molar-refractivity contribution in [2.45, 2.75) is 6.42 Å². The maximum absolute atomic E-state index is 12.8. The Hall–Kier alpha value is -2.20. The minimum Gasteiger partial charge on any atom is -0.270 e. The molecule has 0 aromatic heterocycles. The molecule has 0 spiro atoms. The topological polar surface area (TPSA) is 37.4 Å². The average Bonchev–Trinajstić information content (AvgIpc) is 3.03. The molecule has 4 rings (SSSR count). The van der Waals surface area contributed by atoms with Crippen LogP contribution >= 0.6 is 15.9 Å². The molecule has 108 valence electrons. The lowest BCUT2D eigenvalue weighted by Crippen LogP contribution is -2.41. The fourth-order valence-corrected chi connectivity index (χ4v) is 3.53. The van der Waals surface area contributed by atoms with E-state index in [0.29, 0.717) is 17.7 Å². The van der Waals surface area contributed by atoms with Crippen molar-refractivity contribution in [3.63, 3.8) is 0 Å². The molecule has 2 aliphatic rings. The van der Waals surface area contributed by atoms with Gasteiger partial charge in [0, 0.05) is 21.0 Å². The van der Waals surface area contributed by atoms with Gasteiger partial charge in [-0.25, -0.2) is 0 Å². The number of carbonyl (C=O) groups excluding carboxylic acids is 2. The quantitative estimate of drug-likeness (QED) is 0.762. The number of rotatable bonds is 2. The molecule has 0 unspecified atom stereocenters. The number of halogens is 1. The second-order valence-electron chi connectivity index (χ2n) is 5.48. The fraction of sp³-hybridized carbons (Fsp3) is 0.111. The van der Waals surface area contributed by atoms with Crippen LogP contribution in [-0.4, -0.2) is 23.3 Å². The van der Waals surface area contributed by atoms with Gasteiger partial charge in [-0.3, -0.25) is 14.5 Å². The van der Waals surface area contributed by atoms with Crippen molar-refractivity contribution in [1.82, 2.24) is 4.90 Å². The zero-order valence-electron chi connectivity index (χ0n) is 11.7. The van der Waals surface area contributed by atoms with Crippen molar-refractivity contribution < 1.29 is 9.59 Å². The van der Waals surface area contributed by atoms with Crippen LogP contribution in [0.5, 0.6) is 0 Å². The summed E-state index contributed by atoms with van der Waals surface area (Å²) in [6.07, 6.45) is 6.76. The first-order valence-corrected chi connectivity index (χ1v) is 7.88. The number of allylic oxidation sites excluding steroid dienone is 3. The van der Waals surface area contributed by atoms with Gasteiger partial charge in [0.05, 0.1) is 6.54 Å². The SMILES string of the molecule is O=C1c2cccc3c(Br)ccc(c23)C(=O)N1CC1=CC=CC1. The van der Waals surface area contributed by atoms with E-state index >= 15 is 0 Å². The van der Waals surface area contributed by atoms with Crippen molar-refractivity contribution in [2.24, 2.45) is 0 Å². The Morgan fingerprint density at radius 3 is 2.55 bits per heavy atom. The highest BCUT2D eigenvalue weighted by Crippen LogP contribution is 2.34. The summed E-state index contributed by atoms with van der Waals surface area (Å²) in [6.45, 7) is 0.358. The molecule has 2 amide bonds. The van der Waals surface area contributed by atoms with Gasteiger partial charge in [0.1, 0.15) is 0 Å². The van der Waals surface area contributed by atoms with Crippen LogP contribution in [0.2, 0.25) is 0 Å². The van der Waals surface area contributed by atoms with Gasteiger partial charge < -0.3 is 0 Å². The molecule has 0 fully saturated rings. The molecule has 0 saturated carbocycles. The Bertz CT molecular complexity index is 873. The largest absolute Gasteiger partial charge is 0.270 e. The van der Waals surface area contributed by atoms with Crippen LogP contribution in [0.1, 0.15) is 27.1 Å². The van der Waals surface area contributed by atoms with E-state index in [-0.39, 0.29) is 11.8 Å². The first kappa shape index (κ1) is 13.5. The minimum absolute atomic E-state index is 0.214. The predicted molar refractivity (Wildman–Crippen MR) is 88.9 cm³/mol. The maximum atomic E-state index is 12.8. The highest BCUT2D eigenvalue weighted by Gasteiger charge is 2.33. The van der Waals surface area contributed by atoms with E-state index < -0.39 is 0 Å². The van der Waals surface area contributed by atoms with E-state index in [9.17, 15) is 9.59 Å². The summed E-state index contributed by atoms with van der Waals surface area (Å²) in [7, 11) is 0. The number of hydrogen-bond donors (Lipinski definition) is 0. The van der Waals surface area contributed by atoms with Gasteiger partial charge in [0.15, 0.2) is 0 Å². The molecule has 1 heterocycles. The minimum atomic E-state index is -0.214. The molecule has 4 heteroatoms. The number of carbonyl (C=O) groups is 2. The van der Waals surface area contributed by atoms with E-state index in [0.717, 1.165) is 27.2 Å². The van der Waals surface area contributed by atoms with Gasteiger partial charge in [-0.05, 0) is 35.6 Å². The lowest BCUT2D eigenvalue weighted by atomic mass is 9.94.